The van der Waals surface area contributed by atoms with E-state index in [2.05, 4.69) is 9.88 Å². The maximum Gasteiger partial charge on any atom is 0.270 e. The van der Waals surface area contributed by atoms with Gasteiger partial charge in [-0.05, 0) is 41.5 Å². The van der Waals surface area contributed by atoms with Crippen LogP contribution in [0, 0.1) is 0 Å². The molecule has 0 aliphatic rings. The summed E-state index contributed by atoms with van der Waals surface area (Å²) in [4.78, 5) is -0.161. The summed E-state index contributed by atoms with van der Waals surface area (Å²) in [6.45, 7) is 0. The summed E-state index contributed by atoms with van der Waals surface area (Å²) in [5, 5.41) is 3.87. The minimum absolute atomic E-state index is 0.0267. The van der Waals surface area contributed by atoms with Crippen LogP contribution in [0.4, 0.5) is 5.82 Å². The molecule has 0 saturated carbocycles. The Bertz CT molecular complexity index is 1410. The molecule has 0 bridgehead atoms. The van der Waals surface area contributed by atoms with Gasteiger partial charge in [0.15, 0.2) is 16.5 Å². The number of methoxy groups -OCH3 is 4. The average molecular weight is 497 g/mol. The summed E-state index contributed by atoms with van der Waals surface area (Å²) >= 11 is 0. The molecule has 0 aliphatic heterocycles. The molecule has 0 fully saturated rings. The molecule has 0 aliphatic carbocycles. The minimum atomic E-state index is -4.17. The van der Waals surface area contributed by atoms with Crippen molar-refractivity contribution in [3.05, 3.63) is 66.7 Å². The first kappa shape index (κ1) is 24.0. The Kier molecular flexibility index (Phi) is 6.83. The summed E-state index contributed by atoms with van der Waals surface area (Å²) in [7, 11) is 1.67. The number of aromatic nitrogens is 1. The Labute approximate surface area is 203 Å². The van der Waals surface area contributed by atoms with E-state index in [1.165, 1.54) is 34.5 Å². The first-order valence-corrected chi connectivity index (χ1v) is 11.9. The van der Waals surface area contributed by atoms with Gasteiger partial charge in [-0.15, -0.1) is 0 Å². The molecule has 0 atom stereocenters. The highest BCUT2D eigenvalue weighted by atomic mass is 32.2. The number of hydrogen-bond acceptors (Lipinski definition) is 8. The summed E-state index contributed by atoms with van der Waals surface area (Å²) in [5.41, 5.74) is 2.17. The van der Waals surface area contributed by atoms with Crippen LogP contribution in [0.15, 0.2) is 76.1 Å². The van der Waals surface area contributed by atoms with Gasteiger partial charge in [0.1, 0.15) is 23.0 Å². The number of hydrogen-bond donors (Lipinski definition) is 1. The lowest BCUT2D eigenvalue weighted by Crippen LogP contribution is -2.15. The van der Waals surface area contributed by atoms with Gasteiger partial charge in [0, 0.05) is 6.07 Å². The molecule has 1 aromatic heterocycles. The topological polar surface area (TPSA) is 109 Å². The molecule has 35 heavy (non-hydrogen) atoms. The van der Waals surface area contributed by atoms with E-state index in [1.807, 2.05) is 30.3 Å². The molecule has 4 rings (SSSR count). The molecule has 0 saturated heterocycles. The zero-order valence-corrected chi connectivity index (χ0v) is 20.4. The van der Waals surface area contributed by atoms with Crippen LogP contribution < -0.4 is 23.7 Å². The fraction of sp³-hybridized carbons (Fsp3) is 0.160. The molecular formula is C25H24N2O7S. The van der Waals surface area contributed by atoms with Crippen molar-refractivity contribution in [2.45, 2.75) is 4.90 Å². The number of rotatable bonds is 9. The third-order valence-corrected chi connectivity index (χ3v) is 6.68. The van der Waals surface area contributed by atoms with Crippen molar-refractivity contribution in [2.24, 2.45) is 0 Å². The highest BCUT2D eigenvalue weighted by Crippen LogP contribution is 2.40. The third-order valence-electron chi connectivity index (χ3n) is 5.26. The molecule has 0 radical (unpaired) electrons. The van der Waals surface area contributed by atoms with Crippen molar-refractivity contribution in [2.75, 3.05) is 33.2 Å². The van der Waals surface area contributed by atoms with Crippen LogP contribution in [0.1, 0.15) is 0 Å². The molecule has 9 nitrogen and oxygen atoms in total. The van der Waals surface area contributed by atoms with Crippen LogP contribution in [-0.2, 0) is 10.0 Å². The highest BCUT2D eigenvalue weighted by molar-refractivity contribution is 7.93. The van der Waals surface area contributed by atoms with Crippen molar-refractivity contribution < 1.29 is 31.9 Å². The second-order valence-corrected chi connectivity index (χ2v) is 8.94. The predicted molar refractivity (Wildman–Crippen MR) is 131 cm³/mol. The number of ether oxygens (including phenoxy) is 4. The predicted octanol–water partition coefficient (Wildman–Crippen LogP) is 4.84. The first-order valence-electron chi connectivity index (χ1n) is 10.4. The van der Waals surface area contributed by atoms with Crippen molar-refractivity contribution in [3.63, 3.8) is 0 Å². The third kappa shape index (κ3) is 4.87. The Balaban J connectivity index is 1.71. The summed E-state index contributed by atoms with van der Waals surface area (Å²) in [6.07, 6.45) is 0. The summed E-state index contributed by atoms with van der Waals surface area (Å²) in [6, 6.07) is 19.4. The lowest BCUT2D eigenvalue weighted by atomic mass is 10.1. The molecule has 0 unspecified atom stereocenters. The van der Waals surface area contributed by atoms with E-state index in [1.54, 1.807) is 30.3 Å². The van der Waals surface area contributed by atoms with Gasteiger partial charge in [0.2, 0.25) is 0 Å². The van der Waals surface area contributed by atoms with Crippen LogP contribution in [0.3, 0.4) is 0 Å². The normalized spacial score (nSPS) is 11.1. The zero-order valence-electron chi connectivity index (χ0n) is 19.6. The first-order chi connectivity index (χ1) is 16.9. The highest BCUT2D eigenvalue weighted by Gasteiger charge is 2.28. The zero-order chi connectivity index (χ0) is 25.0. The van der Waals surface area contributed by atoms with E-state index in [0.717, 1.165) is 11.1 Å². The molecule has 4 aromatic rings. The van der Waals surface area contributed by atoms with Gasteiger partial charge < -0.3 is 23.5 Å². The Morgan fingerprint density at radius 1 is 0.743 bits per heavy atom. The van der Waals surface area contributed by atoms with Crippen LogP contribution in [-0.4, -0.2) is 42.0 Å². The number of sulfonamides is 1. The van der Waals surface area contributed by atoms with Gasteiger partial charge in [-0.2, -0.15) is 0 Å². The van der Waals surface area contributed by atoms with Gasteiger partial charge in [-0.25, -0.2) is 8.42 Å². The van der Waals surface area contributed by atoms with Gasteiger partial charge in [0.25, 0.3) is 10.0 Å². The van der Waals surface area contributed by atoms with Crippen molar-refractivity contribution >= 4 is 15.8 Å². The standard InChI is InChI=1S/C25H24N2O7S/c1-30-18-10-11-20(31-2)19(14-18)21-15-24(26-34-21)27-35(28,29)25-22(32-3)12-17(13-23(25)33-4)16-8-6-5-7-9-16/h5-15H,1-4H3,(H,26,27). The molecule has 1 N–H and O–H groups in total. The molecule has 3 aromatic carbocycles. The number of nitrogens with zero attached hydrogens (tertiary/aromatic N) is 1. The van der Waals surface area contributed by atoms with Crippen molar-refractivity contribution in [1.29, 1.82) is 0 Å². The van der Waals surface area contributed by atoms with E-state index in [9.17, 15) is 8.42 Å². The second kappa shape index (κ2) is 9.98. The molecule has 182 valence electrons. The quantitative estimate of drug-likeness (QED) is 0.350. The monoisotopic (exact) mass is 496 g/mol. The van der Waals surface area contributed by atoms with Gasteiger partial charge in [-0.3, -0.25) is 4.72 Å². The average Bonchev–Trinajstić information content (AvgIpc) is 3.35. The van der Waals surface area contributed by atoms with Crippen LogP contribution >= 0.6 is 0 Å². The van der Waals surface area contributed by atoms with Crippen LogP contribution in [0.25, 0.3) is 22.5 Å². The Morgan fingerprint density at radius 3 is 2.00 bits per heavy atom. The van der Waals surface area contributed by atoms with E-state index in [0.29, 0.717) is 17.1 Å². The minimum Gasteiger partial charge on any atom is -0.497 e. The summed E-state index contributed by atoms with van der Waals surface area (Å²) < 4.78 is 56.1. The van der Waals surface area contributed by atoms with E-state index in [4.69, 9.17) is 23.5 Å². The van der Waals surface area contributed by atoms with Crippen molar-refractivity contribution in [1.82, 2.24) is 5.16 Å². The lowest BCUT2D eigenvalue weighted by Gasteiger charge is -2.16. The lowest BCUT2D eigenvalue weighted by molar-refractivity contribution is 0.374. The number of benzene rings is 3. The maximum atomic E-state index is 13.4. The van der Waals surface area contributed by atoms with Crippen molar-refractivity contribution in [3.8, 4) is 45.4 Å². The fourth-order valence-corrected chi connectivity index (χ4v) is 4.88. The maximum absolute atomic E-state index is 13.4. The van der Waals surface area contributed by atoms with Gasteiger partial charge >= 0.3 is 0 Å². The van der Waals surface area contributed by atoms with Crippen LogP contribution in [0.5, 0.6) is 23.0 Å². The molecule has 0 amide bonds. The molecule has 1 heterocycles. The SMILES string of the molecule is COc1ccc(OC)c(-c2cc(NS(=O)(=O)c3c(OC)cc(-c4ccccc4)cc3OC)no2)c1. The van der Waals surface area contributed by atoms with E-state index >= 15 is 0 Å². The van der Waals surface area contributed by atoms with Gasteiger partial charge in [-0.1, -0.05) is 35.5 Å². The summed E-state index contributed by atoms with van der Waals surface area (Å²) in [5.74, 6) is 1.59. The largest absolute Gasteiger partial charge is 0.497 e. The van der Waals surface area contributed by atoms with E-state index < -0.39 is 10.0 Å². The van der Waals surface area contributed by atoms with E-state index in [-0.39, 0.29) is 28.0 Å². The number of nitrogens with one attached hydrogen (secondary N) is 1. The van der Waals surface area contributed by atoms with Crippen LogP contribution in [0.2, 0.25) is 0 Å². The molecule has 0 spiro atoms. The fourth-order valence-electron chi connectivity index (χ4n) is 3.59. The second-order valence-electron chi connectivity index (χ2n) is 7.32. The van der Waals surface area contributed by atoms with Gasteiger partial charge in [0.05, 0.1) is 34.0 Å². The Hall–Kier alpha value is -4.18. The molecule has 10 heteroatoms. The smallest absolute Gasteiger partial charge is 0.270 e. The number of anilines is 1. The Morgan fingerprint density at radius 2 is 1.40 bits per heavy atom. The molecular weight excluding hydrogens is 472 g/mol.